The number of hydrogen-bond donors (Lipinski definition) is 1. The van der Waals surface area contributed by atoms with E-state index < -0.39 is 0 Å². The van der Waals surface area contributed by atoms with E-state index in [-0.39, 0.29) is 5.75 Å². The molecule has 0 unspecified atom stereocenters. The third-order valence-corrected chi connectivity index (χ3v) is 1.48. The summed E-state index contributed by atoms with van der Waals surface area (Å²) in [6, 6.07) is 3.23. The predicted octanol–water partition coefficient (Wildman–Crippen LogP) is 1.60. The molecule has 4 nitrogen and oxygen atoms in total. The molecule has 1 aromatic heterocycles. The third kappa shape index (κ3) is 2.91. The molecule has 1 N–H and O–H groups in total. The van der Waals surface area contributed by atoms with Gasteiger partial charge in [0, 0.05) is 18.8 Å². The number of hydrazone groups is 1. The van der Waals surface area contributed by atoms with Crippen molar-refractivity contribution in [3.8, 4) is 5.75 Å². The van der Waals surface area contributed by atoms with E-state index in [1.807, 2.05) is 0 Å². The summed E-state index contributed by atoms with van der Waals surface area (Å²) >= 11 is 5.52. The van der Waals surface area contributed by atoms with E-state index in [4.69, 9.17) is 16.9 Å². The van der Waals surface area contributed by atoms with Crippen LogP contribution in [0.3, 0.4) is 0 Å². The second kappa shape index (κ2) is 4.09. The Morgan fingerprint density at radius 1 is 1.62 bits per heavy atom. The van der Waals surface area contributed by atoms with Crippen molar-refractivity contribution >= 4 is 17.5 Å². The van der Waals surface area contributed by atoms with Crippen LogP contribution in [0.1, 0.15) is 12.6 Å². The summed E-state index contributed by atoms with van der Waals surface area (Å²) in [5.74, 6) is 0.135. The lowest BCUT2D eigenvalue weighted by molar-refractivity contribution is 0.472. The van der Waals surface area contributed by atoms with E-state index in [0.717, 1.165) is 0 Å². The number of aromatic hydroxyl groups is 1. The zero-order chi connectivity index (χ0) is 9.84. The Kier molecular flexibility index (Phi) is 3.08. The summed E-state index contributed by atoms with van der Waals surface area (Å²) in [4.78, 5) is 3.97. The Hall–Kier alpha value is -1.29. The highest BCUT2D eigenvalue weighted by atomic mass is 35.5. The first-order valence-electron chi connectivity index (χ1n) is 3.69. The minimum absolute atomic E-state index is 0.135. The molecule has 0 bridgehead atoms. The zero-order valence-corrected chi connectivity index (χ0v) is 8.15. The molecule has 0 aromatic carbocycles. The molecule has 0 saturated carbocycles. The Balaban J connectivity index is 2.89. The second-order valence-electron chi connectivity index (χ2n) is 2.53. The average molecular weight is 200 g/mol. The van der Waals surface area contributed by atoms with Crippen molar-refractivity contribution in [3.05, 3.63) is 24.0 Å². The highest BCUT2D eigenvalue weighted by Crippen LogP contribution is 2.07. The fraction of sp³-hybridized carbons (Fsp3) is 0.250. The van der Waals surface area contributed by atoms with Crippen molar-refractivity contribution in [2.24, 2.45) is 5.10 Å². The number of aromatic nitrogens is 1. The maximum absolute atomic E-state index is 8.98. The van der Waals surface area contributed by atoms with Crippen molar-refractivity contribution in [2.75, 3.05) is 7.05 Å². The highest BCUT2D eigenvalue weighted by Gasteiger charge is 1.99. The maximum Gasteiger partial charge on any atom is 0.133 e. The van der Waals surface area contributed by atoms with E-state index in [1.54, 1.807) is 26.1 Å². The Labute approximate surface area is 81.6 Å². The van der Waals surface area contributed by atoms with Crippen LogP contribution in [0.15, 0.2) is 23.4 Å². The zero-order valence-electron chi connectivity index (χ0n) is 7.40. The van der Waals surface area contributed by atoms with Crippen LogP contribution < -0.4 is 0 Å². The molecule has 0 fully saturated rings. The first-order valence-corrected chi connectivity index (χ1v) is 4.03. The van der Waals surface area contributed by atoms with Gasteiger partial charge in [0.15, 0.2) is 0 Å². The van der Waals surface area contributed by atoms with Crippen LogP contribution in [0.5, 0.6) is 5.75 Å². The molecule has 0 atom stereocenters. The highest BCUT2D eigenvalue weighted by molar-refractivity contribution is 6.13. The van der Waals surface area contributed by atoms with Crippen molar-refractivity contribution in [1.29, 1.82) is 0 Å². The van der Waals surface area contributed by atoms with Crippen LogP contribution in [-0.2, 0) is 0 Å². The summed E-state index contributed by atoms with van der Waals surface area (Å²) < 4.78 is 1.18. The van der Waals surface area contributed by atoms with E-state index in [2.05, 4.69) is 10.1 Å². The van der Waals surface area contributed by atoms with Gasteiger partial charge in [-0.3, -0.25) is 4.98 Å². The first-order chi connectivity index (χ1) is 6.09. The molecule has 0 aliphatic heterocycles. The maximum atomic E-state index is 8.98. The predicted molar refractivity (Wildman–Crippen MR) is 51.7 cm³/mol. The molecule has 0 aliphatic rings. The Morgan fingerprint density at radius 3 is 2.77 bits per heavy atom. The Bertz CT molecular complexity index is 308. The molecule has 0 radical (unpaired) electrons. The third-order valence-electron chi connectivity index (χ3n) is 1.41. The average Bonchev–Trinajstić information content (AvgIpc) is 2.04. The normalized spacial score (nSPS) is 11.5. The first kappa shape index (κ1) is 9.80. The number of rotatable bonds is 2. The molecule has 1 aromatic rings. The molecular formula is C8H10ClN3O. The topological polar surface area (TPSA) is 48.7 Å². The van der Waals surface area contributed by atoms with Gasteiger partial charge in [0.05, 0.1) is 17.6 Å². The quantitative estimate of drug-likeness (QED) is 0.447. The van der Waals surface area contributed by atoms with Crippen LogP contribution in [0, 0.1) is 0 Å². The molecule has 5 heteroatoms. The SMILES string of the molecule is CC(=NN(C)Cl)c1ccc(O)cn1. The molecular weight excluding hydrogens is 190 g/mol. The molecule has 0 aliphatic carbocycles. The number of pyridine rings is 1. The summed E-state index contributed by atoms with van der Waals surface area (Å²) in [6.07, 6.45) is 1.36. The Morgan fingerprint density at radius 2 is 2.31 bits per heavy atom. The van der Waals surface area contributed by atoms with Gasteiger partial charge in [0.25, 0.3) is 0 Å². The number of hydrogen-bond acceptors (Lipinski definition) is 4. The summed E-state index contributed by atoms with van der Waals surface area (Å²) in [5.41, 5.74) is 1.38. The van der Waals surface area contributed by atoms with Gasteiger partial charge in [0.2, 0.25) is 0 Å². The van der Waals surface area contributed by atoms with Gasteiger partial charge in [-0.25, -0.2) is 4.53 Å². The summed E-state index contributed by atoms with van der Waals surface area (Å²) in [6.45, 7) is 1.79. The van der Waals surface area contributed by atoms with E-state index >= 15 is 0 Å². The minimum atomic E-state index is 0.135. The van der Waals surface area contributed by atoms with Crippen molar-refractivity contribution in [3.63, 3.8) is 0 Å². The van der Waals surface area contributed by atoms with Crippen LogP contribution in [0.2, 0.25) is 0 Å². The van der Waals surface area contributed by atoms with Gasteiger partial charge in [-0.1, -0.05) is 0 Å². The van der Waals surface area contributed by atoms with E-state index in [9.17, 15) is 0 Å². The number of nitrogens with zero attached hydrogens (tertiary/aromatic N) is 3. The molecule has 0 amide bonds. The minimum Gasteiger partial charge on any atom is -0.506 e. The number of halogens is 1. The van der Waals surface area contributed by atoms with Gasteiger partial charge >= 0.3 is 0 Å². The molecule has 1 rings (SSSR count). The van der Waals surface area contributed by atoms with Gasteiger partial charge < -0.3 is 5.11 Å². The van der Waals surface area contributed by atoms with Crippen LogP contribution in [-0.4, -0.2) is 27.4 Å². The lowest BCUT2D eigenvalue weighted by atomic mass is 10.2. The van der Waals surface area contributed by atoms with Gasteiger partial charge in [-0.05, 0) is 19.1 Å². The summed E-state index contributed by atoms with van der Waals surface area (Å²) in [7, 11) is 1.62. The second-order valence-corrected chi connectivity index (χ2v) is 3.02. The fourth-order valence-electron chi connectivity index (χ4n) is 0.858. The molecule has 1 heterocycles. The fourth-order valence-corrected chi connectivity index (χ4v) is 0.971. The monoisotopic (exact) mass is 199 g/mol. The lowest BCUT2D eigenvalue weighted by Gasteiger charge is -2.03. The van der Waals surface area contributed by atoms with Crippen LogP contribution in [0.25, 0.3) is 0 Å². The van der Waals surface area contributed by atoms with Gasteiger partial charge in [0.1, 0.15) is 5.75 Å². The van der Waals surface area contributed by atoms with Crippen molar-refractivity contribution < 1.29 is 5.11 Å². The van der Waals surface area contributed by atoms with Crippen molar-refractivity contribution in [2.45, 2.75) is 6.92 Å². The van der Waals surface area contributed by atoms with Crippen molar-refractivity contribution in [1.82, 2.24) is 9.51 Å². The molecule has 70 valence electrons. The van der Waals surface area contributed by atoms with Crippen LogP contribution >= 0.6 is 11.8 Å². The molecule has 13 heavy (non-hydrogen) atoms. The standard InChI is InChI=1S/C8H10ClN3O/c1-6(11-12(2)9)8-4-3-7(13)5-10-8/h3-5,13H,1-2H3. The lowest BCUT2D eigenvalue weighted by Crippen LogP contribution is -2.03. The van der Waals surface area contributed by atoms with E-state index in [1.165, 1.54) is 10.7 Å². The summed E-state index contributed by atoms with van der Waals surface area (Å²) in [5, 5.41) is 12.9. The largest absolute Gasteiger partial charge is 0.506 e. The smallest absolute Gasteiger partial charge is 0.133 e. The van der Waals surface area contributed by atoms with Gasteiger partial charge in [-0.15, -0.1) is 0 Å². The van der Waals surface area contributed by atoms with E-state index in [0.29, 0.717) is 11.4 Å². The molecule has 0 spiro atoms. The molecule has 0 saturated heterocycles. The van der Waals surface area contributed by atoms with Gasteiger partial charge in [-0.2, -0.15) is 5.10 Å². The van der Waals surface area contributed by atoms with Crippen LogP contribution in [0.4, 0.5) is 0 Å².